The maximum atomic E-state index is 12.4. The van der Waals surface area contributed by atoms with Crippen LogP contribution in [-0.4, -0.2) is 37.4 Å². The zero-order valence-corrected chi connectivity index (χ0v) is 14.6. The molecule has 0 aliphatic carbocycles. The second kappa shape index (κ2) is 9.19. The molecule has 0 aromatic rings. The molecule has 0 aliphatic heterocycles. The first-order valence-electron chi connectivity index (χ1n) is 7.22. The fourth-order valence-electron chi connectivity index (χ4n) is 1.70. The van der Waals surface area contributed by atoms with Crippen molar-refractivity contribution in [2.45, 2.75) is 47.5 Å². The number of nitrogens with zero attached hydrogens (tertiary/aromatic N) is 1. The molecule has 1 atom stereocenters. The highest BCUT2D eigenvalue weighted by atomic mass is 35.5. The fourth-order valence-corrected chi connectivity index (χ4v) is 3.76. The Morgan fingerprint density at radius 2 is 1.37 bits per heavy atom. The lowest BCUT2D eigenvalue weighted by Gasteiger charge is -2.25. The Balaban J connectivity index is 4.68. The van der Waals surface area contributed by atoms with Gasteiger partial charge in [-0.05, 0) is 30.6 Å². The molecule has 0 bridgehead atoms. The largest absolute Gasteiger partial charge is 0.214 e. The number of hydrogen-bond donors (Lipinski definition) is 0. The molecule has 0 aromatic carbocycles. The summed E-state index contributed by atoms with van der Waals surface area (Å²) in [5, 5.41) is 0. The molecule has 0 aromatic heterocycles. The average Bonchev–Trinajstić information content (AvgIpc) is 2.26. The van der Waals surface area contributed by atoms with Gasteiger partial charge in [0.2, 0.25) is 10.0 Å². The number of sulfonamides is 1. The molecule has 19 heavy (non-hydrogen) atoms. The van der Waals surface area contributed by atoms with E-state index in [2.05, 4.69) is 27.7 Å². The smallest absolute Gasteiger partial charge is 0.212 e. The Hall–Kier alpha value is 0.200. The maximum Gasteiger partial charge on any atom is 0.214 e. The Labute approximate surface area is 124 Å². The highest BCUT2D eigenvalue weighted by molar-refractivity contribution is 7.89. The predicted molar refractivity (Wildman–Crippen MR) is 84.2 cm³/mol. The van der Waals surface area contributed by atoms with E-state index in [1.165, 1.54) is 0 Å². The minimum absolute atomic E-state index is 0.00673. The van der Waals surface area contributed by atoms with E-state index in [1.54, 1.807) is 4.31 Å². The summed E-state index contributed by atoms with van der Waals surface area (Å²) >= 11 is 5.73. The van der Waals surface area contributed by atoms with Crippen molar-refractivity contribution < 1.29 is 8.42 Å². The number of alkyl halides is 1. The molecule has 0 amide bonds. The molecule has 0 rings (SSSR count). The van der Waals surface area contributed by atoms with Crippen LogP contribution in [0.1, 0.15) is 47.5 Å². The second-order valence-corrected chi connectivity index (χ2v) is 8.62. The van der Waals surface area contributed by atoms with Crippen molar-refractivity contribution in [1.82, 2.24) is 4.31 Å². The Morgan fingerprint density at radius 3 is 1.68 bits per heavy atom. The third-order valence-electron chi connectivity index (χ3n) is 3.06. The van der Waals surface area contributed by atoms with Crippen molar-refractivity contribution in [1.29, 1.82) is 0 Å². The van der Waals surface area contributed by atoms with Gasteiger partial charge in [0.1, 0.15) is 0 Å². The molecule has 0 heterocycles. The first-order valence-corrected chi connectivity index (χ1v) is 9.37. The molecular weight excluding hydrogens is 282 g/mol. The summed E-state index contributed by atoms with van der Waals surface area (Å²) in [5.74, 6) is 1.59. The van der Waals surface area contributed by atoms with Gasteiger partial charge in [0.15, 0.2) is 0 Å². The van der Waals surface area contributed by atoms with Crippen molar-refractivity contribution in [3.05, 3.63) is 0 Å². The summed E-state index contributed by atoms with van der Waals surface area (Å²) < 4.78 is 26.4. The Morgan fingerprint density at radius 1 is 0.947 bits per heavy atom. The van der Waals surface area contributed by atoms with Gasteiger partial charge in [-0.15, -0.1) is 11.6 Å². The summed E-state index contributed by atoms with van der Waals surface area (Å²) in [7, 11) is -3.18. The van der Waals surface area contributed by atoms with Crippen LogP contribution in [-0.2, 0) is 10.0 Å². The van der Waals surface area contributed by atoms with E-state index < -0.39 is 10.0 Å². The van der Waals surface area contributed by atoms with E-state index >= 15 is 0 Å². The van der Waals surface area contributed by atoms with Gasteiger partial charge in [-0.2, -0.15) is 0 Å². The highest BCUT2D eigenvalue weighted by Crippen LogP contribution is 2.14. The third kappa shape index (κ3) is 8.87. The van der Waals surface area contributed by atoms with Crippen LogP contribution < -0.4 is 0 Å². The van der Waals surface area contributed by atoms with Crippen LogP contribution >= 0.6 is 11.6 Å². The third-order valence-corrected chi connectivity index (χ3v) is 5.73. The van der Waals surface area contributed by atoms with E-state index in [0.717, 1.165) is 12.8 Å². The number of rotatable bonds is 10. The fraction of sp³-hybridized carbons (Fsp3) is 1.00. The van der Waals surface area contributed by atoms with Crippen LogP contribution in [0.15, 0.2) is 0 Å². The molecule has 0 saturated heterocycles. The molecule has 0 spiro atoms. The summed E-state index contributed by atoms with van der Waals surface area (Å²) in [4.78, 5) is 0. The van der Waals surface area contributed by atoms with Crippen LogP contribution in [0, 0.1) is 17.8 Å². The van der Waals surface area contributed by atoms with Crippen LogP contribution in [0.2, 0.25) is 0 Å². The average molecular weight is 312 g/mol. The molecule has 0 radical (unpaired) electrons. The van der Waals surface area contributed by atoms with Crippen LogP contribution in [0.25, 0.3) is 0 Å². The molecular formula is C14H30ClNO2S. The summed E-state index contributed by atoms with van der Waals surface area (Å²) in [6, 6.07) is 0. The molecule has 0 saturated carbocycles. The van der Waals surface area contributed by atoms with Crippen molar-refractivity contribution in [2.24, 2.45) is 17.8 Å². The monoisotopic (exact) mass is 311 g/mol. The first kappa shape index (κ1) is 19.2. The molecule has 1 unspecified atom stereocenters. The van der Waals surface area contributed by atoms with Crippen LogP contribution in [0.5, 0.6) is 0 Å². The maximum absolute atomic E-state index is 12.4. The Kier molecular flexibility index (Phi) is 9.29. The van der Waals surface area contributed by atoms with Gasteiger partial charge in [-0.1, -0.05) is 34.6 Å². The van der Waals surface area contributed by atoms with E-state index in [4.69, 9.17) is 11.6 Å². The van der Waals surface area contributed by atoms with Crippen molar-refractivity contribution in [3.63, 3.8) is 0 Å². The molecule has 0 aliphatic rings. The standard InChI is InChI=1S/C14H30ClNO2S/c1-12(2)6-8-16(9-7-13(3)4)19(17,18)11-14(5)10-15/h12-14H,6-11H2,1-5H3. The van der Waals surface area contributed by atoms with Gasteiger partial charge in [0, 0.05) is 19.0 Å². The topological polar surface area (TPSA) is 37.4 Å². The van der Waals surface area contributed by atoms with E-state index in [0.29, 0.717) is 30.8 Å². The SMILES string of the molecule is CC(C)CCN(CCC(C)C)S(=O)(=O)CC(C)CCl. The minimum Gasteiger partial charge on any atom is -0.212 e. The van der Waals surface area contributed by atoms with Crippen LogP contribution in [0.4, 0.5) is 0 Å². The normalized spacial score (nSPS) is 14.6. The quantitative estimate of drug-likeness (QED) is 0.578. The highest BCUT2D eigenvalue weighted by Gasteiger charge is 2.24. The lowest BCUT2D eigenvalue weighted by Crippen LogP contribution is -2.37. The van der Waals surface area contributed by atoms with Gasteiger partial charge < -0.3 is 0 Å². The zero-order valence-electron chi connectivity index (χ0n) is 13.0. The zero-order chi connectivity index (χ0) is 15.1. The summed E-state index contributed by atoms with van der Waals surface area (Å²) in [5.41, 5.74) is 0. The number of halogens is 1. The summed E-state index contributed by atoms with van der Waals surface area (Å²) in [6.45, 7) is 11.6. The van der Waals surface area contributed by atoms with Gasteiger partial charge in [-0.25, -0.2) is 12.7 Å². The molecule has 3 nitrogen and oxygen atoms in total. The first-order chi connectivity index (χ1) is 8.69. The molecule has 116 valence electrons. The van der Waals surface area contributed by atoms with Gasteiger partial charge in [0.05, 0.1) is 5.75 Å². The summed E-state index contributed by atoms with van der Waals surface area (Å²) in [6.07, 6.45) is 1.82. The van der Waals surface area contributed by atoms with E-state index in [1.807, 2.05) is 6.92 Å². The lowest BCUT2D eigenvalue weighted by atomic mass is 10.1. The van der Waals surface area contributed by atoms with Crippen molar-refractivity contribution in [3.8, 4) is 0 Å². The van der Waals surface area contributed by atoms with Crippen LogP contribution in [0.3, 0.4) is 0 Å². The molecule has 5 heteroatoms. The van der Waals surface area contributed by atoms with Crippen molar-refractivity contribution >= 4 is 21.6 Å². The van der Waals surface area contributed by atoms with Gasteiger partial charge in [0.25, 0.3) is 0 Å². The molecule has 0 fully saturated rings. The predicted octanol–water partition coefficient (Wildman–Crippen LogP) is 3.59. The van der Waals surface area contributed by atoms with Crippen molar-refractivity contribution in [2.75, 3.05) is 24.7 Å². The second-order valence-electron chi connectivity index (χ2n) is 6.30. The van der Waals surface area contributed by atoms with E-state index in [-0.39, 0.29) is 11.7 Å². The van der Waals surface area contributed by atoms with E-state index in [9.17, 15) is 8.42 Å². The molecule has 0 N–H and O–H groups in total. The Bertz CT molecular complexity index is 316. The van der Waals surface area contributed by atoms with Gasteiger partial charge >= 0.3 is 0 Å². The number of hydrogen-bond acceptors (Lipinski definition) is 2. The minimum atomic E-state index is -3.18. The van der Waals surface area contributed by atoms with Gasteiger partial charge in [-0.3, -0.25) is 0 Å². The lowest BCUT2D eigenvalue weighted by molar-refractivity contribution is 0.355.